The number of imidazole rings is 1. The lowest BCUT2D eigenvalue weighted by Crippen LogP contribution is -2.18. The normalized spacial score (nSPS) is 12.9. The molecule has 0 amide bonds. The predicted molar refractivity (Wildman–Crippen MR) is 78.9 cm³/mol. The van der Waals surface area contributed by atoms with Crippen LogP contribution in [0.25, 0.3) is 0 Å². The predicted octanol–water partition coefficient (Wildman–Crippen LogP) is 2.24. The van der Waals surface area contributed by atoms with Gasteiger partial charge in [-0.15, -0.1) is 0 Å². The lowest BCUT2D eigenvalue weighted by molar-refractivity contribution is 0.173. The molecule has 3 rings (SSSR count). The summed E-state index contributed by atoms with van der Waals surface area (Å²) in [6, 6.07) is 4.07. The van der Waals surface area contributed by atoms with Crippen molar-refractivity contribution in [2.45, 2.75) is 13.0 Å². The summed E-state index contributed by atoms with van der Waals surface area (Å²) < 4.78 is 13.8. The van der Waals surface area contributed by atoms with Crippen LogP contribution in [0.15, 0.2) is 29.0 Å². The molecule has 0 bridgehead atoms. The smallest absolute Gasteiger partial charge is 0.231 e. The van der Waals surface area contributed by atoms with E-state index in [4.69, 9.17) is 9.47 Å². The van der Waals surface area contributed by atoms with Crippen LogP contribution >= 0.6 is 15.9 Å². The Balaban J connectivity index is 1.54. The van der Waals surface area contributed by atoms with Crippen molar-refractivity contribution in [3.8, 4) is 11.5 Å². The van der Waals surface area contributed by atoms with Gasteiger partial charge in [0.15, 0.2) is 11.5 Å². The van der Waals surface area contributed by atoms with Crippen molar-refractivity contribution >= 4 is 15.9 Å². The van der Waals surface area contributed by atoms with Crippen molar-refractivity contribution in [3.63, 3.8) is 0 Å². The lowest BCUT2D eigenvalue weighted by atomic mass is 10.2. The van der Waals surface area contributed by atoms with E-state index in [0.29, 0.717) is 6.79 Å². The second-order valence-corrected chi connectivity index (χ2v) is 5.55. The third kappa shape index (κ3) is 2.81. The summed E-state index contributed by atoms with van der Waals surface area (Å²) in [5.74, 6) is 2.69. The molecule has 1 N–H and O–H groups in total. The fourth-order valence-corrected chi connectivity index (χ4v) is 2.80. The van der Waals surface area contributed by atoms with Crippen LogP contribution < -0.4 is 14.8 Å². The van der Waals surface area contributed by atoms with E-state index in [1.165, 1.54) is 5.56 Å². The van der Waals surface area contributed by atoms with Gasteiger partial charge in [-0.3, -0.25) is 0 Å². The third-order valence-corrected chi connectivity index (χ3v) is 3.85. The Labute approximate surface area is 126 Å². The van der Waals surface area contributed by atoms with Gasteiger partial charge < -0.3 is 19.4 Å². The molecule has 1 aliphatic rings. The van der Waals surface area contributed by atoms with E-state index in [-0.39, 0.29) is 0 Å². The highest BCUT2D eigenvalue weighted by molar-refractivity contribution is 9.10. The van der Waals surface area contributed by atoms with Crippen molar-refractivity contribution in [1.29, 1.82) is 0 Å². The molecule has 0 saturated heterocycles. The molecule has 0 saturated carbocycles. The van der Waals surface area contributed by atoms with Gasteiger partial charge in [-0.2, -0.15) is 0 Å². The second-order valence-electron chi connectivity index (χ2n) is 4.69. The zero-order valence-corrected chi connectivity index (χ0v) is 12.8. The Hall–Kier alpha value is -1.53. The average molecular weight is 338 g/mol. The molecular weight excluding hydrogens is 322 g/mol. The van der Waals surface area contributed by atoms with E-state index >= 15 is 0 Å². The molecule has 6 heteroatoms. The minimum atomic E-state index is 0.296. The number of hydrogen-bond acceptors (Lipinski definition) is 4. The largest absolute Gasteiger partial charge is 0.454 e. The molecule has 20 heavy (non-hydrogen) atoms. The quantitative estimate of drug-likeness (QED) is 0.850. The van der Waals surface area contributed by atoms with Gasteiger partial charge in [0.1, 0.15) is 5.82 Å². The lowest BCUT2D eigenvalue weighted by Gasteiger charge is -2.07. The molecular formula is C14H16BrN3O2. The van der Waals surface area contributed by atoms with E-state index in [2.05, 4.69) is 32.3 Å². The van der Waals surface area contributed by atoms with Crippen LogP contribution in [0.1, 0.15) is 11.4 Å². The van der Waals surface area contributed by atoms with Crippen LogP contribution in [-0.2, 0) is 20.0 Å². The molecule has 1 aromatic carbocycles. The van der Waals surface area contributed by atoms with Gasteiger partial charge in [0, 0.05) is 39.0 Å². The van der Waals surface area contributed by atoms with Crippen LogP contribution in [0, 0.1) is 0 Å². The molecule has 106 valence electrons. The molecule has 0 unspecified atom stereocenters. The van der Waals surface area contributed by atoms with Crippen molar-refractivity contribution in [2.75, 3.05) is 13.3 Å². The number of benzene rings is 1. The second kappa shape index (κ2) is 5.85. The number of aromatic nitrogens is 2. The summed E-state index contributed by atoms with van der Waals surface area (Å²) in [6.45, 7) is 1.97. The summed E-state index contributed by atoms with van der Waals surface area (Å²) in [6.07, 6.45) is 4.70. The van der Waals surface area contributed by atoms with E-state index in [0.717, 1.165) is 41.3 Å². The Morgan fingerprint density at radius 3 is 3.10 bits per heavy atom. The highest BCUT2D eigenvalue weighted by atomic mass is 79.9. The van der Waals surface area contributed by atoms with Crippen molar-refractivity contribution in [2.24, 2.45) is 7.05 Å². The first-order valence-electron chi connectivity index (χ1n) is 6.49. The number of hydrogen-bond donors (Lipinski definition) is 1. The number of ether oxygens (including phenoxy) is 2. The zero-order chi connectivity index (χ0) is 13.9. The van der Waals surface area contributed by atoms with Crippen molar-refractivity contribution in [1.82, 2.24) is 14.9 Å². The fraction of sp³-hybridized carbons (Fsp3) is 0.357. The number of rotatable bonds is 5. The average Bonchev–Trinajstić information content (AvgIpc) is 3.04. The number of fused-ring (bicyclic) bond motifs is 1. The molecule has 2 heterocycles. The summed E-state index contributed by atoms with van der Waals surface area (Å²) in [7, 11) is 2.01. The van der Waals surface area contributed by atoms with Crippen molar-refractivity contribution in [3.05, 3.63) is 40.4 Å². The summed E-state index contributed by atoms with van der Waals surface area (Å²) in [4.78, 5) is 4.30. The fourth-order valence-electron chi connectivity index (χ4n) is 2.19. The van der Waals surface area contributed by atoms with Crippen molar-refractivity contribution < 1.29 is 9.47 Å². The Morgan fingerprint density at radius 1 is 1.40 bits per heavy atom. The summed E-state index contributed by atoms with van der Waals surface area (Å²) >= 11 is 3.50. The highest BCUT2D eigenvalue weighted by Gasteiger charge is 2.17. The molecule has 2 aromatic rings. The number of nitrogens with one attached hydrogen (secondary N) is 1. The Bertz CT molecular complexity index is 612. The Morgan fingerprint density at radius 2 is 2.30 bits per heavy atom. The molecule has 1 aliphatic heterocycles. The summed E-state index contributed by atoms with van der Waals surface area (Å²) in [5.41, 5.74) is 1.17. The van der Waals surface area contributed by atoms with E-state index in [1.54, 1.807) is 0 Å². The van der Waals surface area contributed by atoms with Gasteiger partial charge in [0.25, 0.3) is 0 Å². The topological polar surface area (TPSA) is 48.3 Å². The van der Waals surface area contributed by atoms with E-state index in [9.17, 15) is 0 Å². The SMILES string of the molecule is Cn1ccnc1CCNCc1cc(Br)c2c(c1)OCO2. The van der Waals surface area contributed by atoms with E-state index in [1.807, 2.05) is 30.1 Å². The maximum atomic E-state index is 5.41. The van der Waals surface area contributed by atoms with Gasteiger partial charge in [-0.1, -0.05) is 0 Å². The van der Waals surface area contributed by atoms with E-state index < -0.39 is 0 Å². The highest BCUT2D eigenvalue weighted by Crippen LogP contribution is 2.39. The number of halogens is 1. The van der Waals surface area contributed by atoms with Gasteiger partial charge in [0.2, 0.25) is 6.79 Å². The molecule has 0 aliphatic carbocycles. The standard InChI is InChI=1S/C14H16BrN3O2/c1-18-5-4-17-13(18)2-3-16-8-10-6-11(15)14-12(7-10)19-9-20-14/h4-7,16H,2-3,8-9H2,1H3. The Kier molecular flexibility index (Phi) is 3.93. The first kappa shape index (κ1) is 13.5. The summed E-state index contributed by atoms with van der Waals surface area (Å²) in [5, 5.41) is 3.42. The number of nitrogens with zero attached hydrogens (tertiary/aromatic N) is 2. The molecule has 5 nitrogen and oxygen atoms in total. The van der Waals surface area contributed by atoms with Gasteiger partial charge in [-0.25, -0.2) is 4.98 Å². The van der Waals surface area contributed by atoms with Crippen LogP contribution in [-0.4, -0.2) is 22.9 Å². The molecule has 0 spiro atoms. The minimum absolute atomic E-state index is 0.296. The monoisotopic (exact) mass is 337 g/mol. The van der Waals surface area contributed by atoms with Crippen LogP contribution in [0.5, 0.6) is 11.5 Å². The molecule has 1 aromatic heterocycles. The maximum Gasteiger partial charge on any atom is 0.231 e. The van der Waals surface area contributed by atoms with Gasteiger partial charge in [0.05, 0.1) is 4.47 Å². The first-order chi connectivity index (χ1) is 9.74. The van der Waals surface area contributed by atoms with Crippen LogP contribution in [0.2, 0.25) is 0 Å². The van der Waals surface area contributed by atoms with Crippen LogP contribution in [0.3, 0.4) is 0 Å². The third-order valence-electron chi connectivity index (χ3n) is 3.26. The molecule has 0 fully saturated rings. The minimum Gasteiger partial charge on any atom is -0.454 e. The first-order valence-corrected chi connectivity index (χ1v) is 7.28. The van der Waals surface area contributed by atoms with Gasteiger partial charge in [-0.05, 0) is 33.6 Å². The zero-order valence-electron chi connectivity index (χ0n) is 11.2. The van der Waals surface area contributed by atoms with Crippen LogP contribution in [0.4, 0.5) is 0 Å². The van der Waals surface area contributed by atoms with Gasteiger partial charge >= 0.3 is 0 Å². The molecule has 0 atom stereocenters. The maximum absolute atomic E-state index is 5.41. The molecule has 0 radical (unpaired) electrons. The number of aryl methyl sites for hydroxylation is 1.